The maximum absolute atomic E-state index is 12.1. The molecule has 0 aromatic rings. The average molecular weight is 1090 g/mol. The minimum absolute atomic E-state index is 0.353. The quantitative estimate of drug-likeness (QED) is 0.107. The van der Waals surface area contributed by atoms with Crippen LogP contribution in [0.1, 0.15) is 13.8 Å². The summed E-state index contributed by atoms with van der Waals surface area (Å²) in [5.41, 5.74) is 0. The van der Waals surface area contributed by atoms with E-state index in [9.17, 15) is 91.3 Å². The number of carbonyl (C=O) groups is 2. The second-order valence-corrected chi connectivity index (χ2v) is 20.5. The molecule has 22 heterocycles. The normalized spacial score (nSPS) is 51.6. The first kappa shape index (κ1) is 58.6. The van der Waals surface area contributed by atoms with Crippen LogP contribution in [0.5, 0.6) is 0 Å². The first-order valence-corrected chi connectivity index (χ1v) is 24.8. The fourth-order valence-electron chi connectivity index (χ4n) is 9.30. The van der Waals surface area contributed by atoms with E-state index in [2.05, 4.69) is 0 Å². The molecule has 72 heavy (non-hydrogen) atoms. The van der Waals surface area contributed by atoms with Crippen LogP contribution in [0.3, 0.4) is 0 Å². The van der Waals surface area contributed by atoms with Crippen molar-refractivity contribution in [3.8, 4) is 0 Å². The number of ether oxygens (including phenoxy) is 12. The predicted octanol–water partition coefficient (Wildman–Crippen LogP) is -10.5. The van der Waals surface area contributed by atoms with Gasteiger partial charge in [-0.15, -0.1) is 0 Å². The molecular weight excluding hydrogens is 1020 g/mol. The van der Waals surface area contributed by atoms with Crippen LogP contribution in [0.4, 0.5) is 0 Å². The zero-order chi connectivity index (χ0) is 52.6. The molecule has 22 saturated heterocycles. The lowest BCUT2D eigenvalue weighted by Crippen LogP contribution is -2.69. The molecule has 22 aliphatic rings. The Morgan fingerprint density at radius 3 is 0.625 bits per heavy atom. The third kappa shape index (κ3) is 12.3. The highest BCUT2D eigenvalue weighted by atomic mass is 32.2. The van der Waals surface area contributed by atoms with Crippen molar-refractivity contribution in [1.82, 2.24) is 0 Å². The van der Waals surface area contributed by atoms with Crippen molar-refractivity contribution < 1.29 is 148 Å². The van der Waals surface area contributed by atoms with Crippen molar-refractivity contribution in [2.24, 2.45) is 0 Å². The third-order valence-electron chi connectivity index (χ3n) is 13.2. The van der Waals surface area contributed by atoms with Crippen LogP contribution in [0, 0.1) is 0 Å². The molecule has 12 bridgehead atoms. The summed E-state index contributed by atoms with van der Waals surface area (Å²) in [6.45, 7) is -1.63. The minimum Gasteiger partial charge on any atom is -0.394 e. The molecular formula is C40H64O30S2. The molecule has 0 unspecified atom stereocenters. The lowest BCUT2D eigenvalue weighted by atomic mass is 9.95. The Morgan fingerprint density at radius 1 is 0.292 bits per heavy atom. The highest BCUT2D eigenvalue weighted by Gasteiger charge is 2.59. The summed E-state index contributed by atoms with van der Waals surface area (Å²) >= 11 is 1.29. The van der Waals surface area contributed by atoms with E-state index in [0.717, 1.165) is 0 Å². The van der Waals surface area contributed by atoms with Gasteiger partial charge in [0.05, 0.1) is 38.6 Å². The van der Waals surface area contributed by atoms with Gasteiger partial charge in [0.15, 0.2) is 48.0 Å². The van der Waals surface area contributed by atoms with Crippen molar-refractivity contribution in [1.29, 1.82) is 0 Å². The van der Waals surface area contributed by atoms with Gasteiger partial charge in [-0.25, -0.2) is 0 Å². The number of hydrogen-bond acceptors (Lipinski definition) is 32. The Labute approximate surface area is 417 Å². The zero-order valence-electron chi connectivity index (χ0n) is 38.3. The van der Waals surface area contributed by atoms with Gasteiger partial charge in [0.2, 0.25) is 0 Å². The Kier molecular flexibility index (Phi) is 20.5. The van der Waals surface area contributed by atoms with E-state index >= 15 is 0 Å². The van der Waals surface area contributed by atoms with Crippen LogP contribution in [0.2, 0.25) is 0 Å². The molecule has 416 valence electrons. The van der Waals surface area contributed by atoms with Gasteiger partial charge in [0.1, 0.15) is 134 Å². The minimum atomic E-state index is -2.16. The Hall–Kier alpha value is -1.08. The van der Waals surface area contributed by atoms with Gasteiger partial charge in [0, 0.05) is 25.4 Å². The number of hydrogen-bond donors (Lipinski definition) is 16. The summed E-state index contributed by atoms with van der Waals surface area (Å²) < 4.78 is 69.7. The first-order valence-electron chi connectivity index (χ1n) is 22.9. The number of aliphatic hydroxyl groups excluding tert-OH is 16. The first-order chi connectivity index (χ1) is 34.1. The van der Waals surface area contributed by atoms with E-state index in [-0.39, 0.29) is 11.5 Å². The van der Waals surface area contributed by atoms with Crippen LogP contribution < -0.4 is 0 Å². The summed E-state index contributed by atoms with van der Waals surface area (Å²) in [5.74, 6) is -0.706. The number of rotatable bonds is 8. The number of thioether (sulfide) groups is 2. The molecule has 22 aliphatic heterocycles. The SMILES string of the molecule is CC(=O)SC[C@H]1O[C@@H]2O[C@H]3[C@H](O)[C@@H](O)[C@@H](O[C@H]4[C@H](O)[C@@H](O)[C@@H](O[C@H]5[C@H](O)[C@@H](O)[C@@H](O[C@H]6[C@H](O)[C@@H](O)[C@@H](O[C@H]7[C@H](O)[C@@H](O)[C@@H](O[C@H]1[C@H](O)[C@H]2O)O[C@@H]7CO)O[C@@H]6CO)O[C@@H]5CSC(C)=O)O[C@@H]4CO)O[C@@H]3CO. The summed E-state index contributed by atoms with van der Waals surface area (Å²) in [6, 6.07) is 0. The highest BCUT2D eigenvalue weighted by molar-refractivity contribution is 8.13. The van der Waals surface area contributed by atoms with Crippen molar-refractivity contribution in [3.63, 3.8) is 0 Å². The third-order valence-corrected chi connectivity index (χ3v) is 15.0. The Bertz CT molecular complexity index is 1630. The summed E-state index contributed by atoms with van der Waals surface area (Å²) in [6.07, 6.45) is -58.0. The largest absolute Gasteiger partial charge is 0.394 e. The predicted molar refractivity (Wildman–Crippen MR) is 228 cm³/mol. The summed E-state index contributed by atoms with van der Waals surface area (Å²) in [5, 5.41) is 177. The highest BCUT2D eigenvalue weighted by Crippen LogP contribution is 2.39. The van der Waals surface area contributed by atoms with E-state index in [4.69, 9.17) is 56.8 Å². The molecule has 32 heteroatoms. The fourth-order valence-corrected chi connectivity index (χ4v) is 10.6. The van der Waals surface area contributed by atoms with Gasteiger partial charge >= 0.3 is 0 Å². The fraction of sp³-hybridized carbons (Fsp3) is 0.950. The monoisotopic (exact) mass is 1090 g/mol. The van der Waals surface area contributed by atoms with Crippen molar-refractivity contribution >= 4 is 33.8 Å². The van der Waals surface area contributed by atoms with Crippen molar-refractivity contribution in [2.75, 3.05) is 37.9 Å². The molecule has 0 aromatic heterocycles. The standard InChI is InChI=1S/C40H64O30S2/c1-9(45)71-7-15-33-21(51)27(57)39(63-15)67-31-13(5-43)59-35(23(53)17(31)47)66-30-12(4-42)62-38(26(56)20(30)50)70-34-16(8-72-10(2)46)64-40(28(58)22(34)52)68-32-14(6-44)60-36(24(54)18(32)48)65-29-11(3-41)61-37(69-33)25(55)19(29)49/h11-44,47-58H,3-8H2,1-2H3/t11-,12-,13-,14-,15-,16-,17-,18-,19-,20-,21-,22-,23-,24-,25-,26-,27-,28-,29-,30-,31-,32-,33-,34-,35-,36-,37-,38-,39-,40-/m1/s1. The zero-order valence-corrected chi connectivity index (χ0v) is 39.9. The molecule has 30 nitrogen and oxygen atoms in total. The van der Waals surface area contributed by atoms with Crippen LogP contribution in [0.15, 0.2) is 0 Å². The maximum Gasteiger partial charge on any atom is 0.187 e. The molecule has 22 rings (SSSR count). The maximum atomic E-state index is 12.1. The van der Waals surface area contributed by atoms with Gasteiger partial charge in [-0.05, 0) is 0 Å². The summed E-state index contributed by atoms with van der Waals surface area (Å²) in [7, 11) is 0. The van der Waals surface area contributed by atoms with Gasteiger partial charge in [-0.1, -0.05) is 23.5 Å². The smallest absolute Gasteiger partial charge is 0.187 e. The van der Waals surface area contributed by atoms with Gasteiger partial charge < -0.3 is 139 Å². The van der Waals surface area contributed by atoms with Crippen LogP contribution in [-0.4, -0.2) is 314 Å². The van der Waals surface area contributed by atoms with Crippen molar-refractivity contribution in [2.45, 2.75) is 198 Å². The number of carbonyl (C=O) groups excluding carboxylic acids is 2. The van der Waals surface area contributed by atoms with Crippen molar-refractivity contribution in [3.05, 3.63) is 0 Å². The molecule has 16 N–H and O–H groups in total. The van der Waals surface area contributed by atoms with Gasteiger partial charge in [-0.2, -0.15) is 0 Å². The lowest BCUT2D eigenvalue weighted by molar-refractivity contribution is -0.401. The van der Waals surface area contributed by atoms with E-state index in [1.54, 1.807) is 0 Å². The number of aliphatic hydroxyl groups is 16. The van der Waals surface area contributed by atoms with E-state index in [0.29, 0.717) is 23.5 Å². The van der Waals surface area contributed by atoms with Gasteiger partial charge in [-0.3, -0.25) is 9.59 Å². The molecule has 30 atom stereocenters. The second kappa shape index (κ2) is 25.1. The van der Waals surface area contributed by atoms with Crippen LogP contribution >= 0.6 is 23.5 Å². The van der Waals surface area contributed by atoms with E-state index in [1.807, 2.05) is 0 Å². The average Bonchev–Trinajstić information content (AvgIpc) is 3.35. The van der Waals surface area contributed by atoms with E-state index in [1.165, 1.54) is 13.8 Å². The topological polar surface area (TPSA) is 469 Å². The van der Waals surface area contributed by atoms with E-state index < -0.39 is 221 Å². The Balaban J connectivity index is 1.22. The molecule has 0 saturated carbocycles. The second-order valence-electron chi connectivity index (χ2n) is 18.1. The Morgan fingerprint density at radius 2 is 0.458 bits per heavy atom. The lowest BCUT2D eigenvalue weighted by Gasteiger charge is -2.50. The molecule has 0 amide bonds. The molecule has 0 spiro atoms. The van der Waals surface area contributed by atoms with Crippen LogP contribution in [0.25, 0.3) is 0 Å². The molecule has 22 fully saturated rings. The summed E-state index contributed by atoms with van der Waals surface area (Å²) in [4.78, 5) is 24.2. The molecule has 0 radical (unpaired) electrons. The van der Waals surface area contributed by atoms with Crippen LogP contribution in [-0.2, 0) is 66.4 Å². The molecule has 0 aromatic carbocycles. The van der Waals surface area contributed by atoms with Gasteiger partial charge in [0.25, 0.3) is 0 Å². The molecule has 0 aliphatic carbocycles.